The van der Waals surface area contributed by atoms with Crippen LogP contribution >= 0.6 is 11.3 Å². The van der Waals surface area contributed by atoms with Crippen LogP contribution in [0.15, 0.2) is 6.07 Å². The van der Waals surface area contributed by atoms with E-state index < -0.39 is 11.0 Å². The van der Waals surface area contributed by atoms with E-state index in [0.29, 0.717) is 9.88 Å². The lowest BCUT2D eigenvalue weighted by Crippen LogP contribution is -2.38. The van der Waals surface area contributed by atoms with E-state index in [1.165, 1.54) is 11.0 Å². The highest BCUT2D eigenvalue weighted by atomic mass is 32.1. The zero-order valence-electron chi connectivity index (χ0n) is 11.9. The maximum atomic E-state index is 11.7. The third-order valence-electron chi connectivity index (χ3n) is 2.50. The van der Waals surface area contributed by atoms with Crippen molar-refractivity contribution < 1.29 is 14.8 Å². The summed E-state index contributed by atoms with van der Waals surface area (Å²) in [5.41, 5.74) is -0.0919. The van der Waals surface area contributed by atoms with E-state index in [1.54, 1.807) is 14.0 Å². The highest BCUT2D eigenvalue weighted by molar-refractivity contribution is 7.16. The van der Waals surface area contributed by atoms with Crippen molar-refractivity contribution in [1.82, 2.24) is 5.32 Å². The first kappa shape index (κ1) is 16.4. The van der Waals surface area contributed by atoms with Crippen molar-refractivity contribution in [2.45, 2.75) is 32.9 Å². The van der Waals surface area contributed by atoms with Gasteiger partial charge in [-0.15, -0.1) is 11.3 Å². The molecule has 0 spiro atoms. The predicted molar refractivity (Wildman–Crippen MR) is 78.2 cm³/mol. The van der Waals surface area contributed by atoms with Gasteiger partial charge in [0.1, 0.15) is 0 Å². The Hall–Kier alpha value is -1.67. The first-order chi connectivity index (χ1) is 9.22. The Morgan fingerprint density at radius 1 is 1.55 bits per heavy atom. The molecular formula is C12H19N3O4S. The van der Waals surface area contributed by atoms with E-state index in [1.807, 2.05) is 13.8 Å². The van der Waals surface area contributed by atoms with Gasteiger partial charge in [-0.05, 0) is 20.8 Å². The molecule has 0 saturated carbocycles. The molecule has 1 atom stereocenters. The largest absolute Gasteiger partial charge is 0.388 e. The maximum Gasteiger partial charge on any atom is 0.304 e. The van der Waals surface area contributed by atoms with Crippen LogP contribution in [0.3, 0.4) is 0 Å². The number of hydrogen-bond acceptors (Lipinski definition) is 6. The number of nitro groups is 1. The molecule has 0 aliphatic carbocycles. The summed E-state index contributed by atoms with van der Waals surface area (Å²) in [6.45, 7) is 5.26. The Morgan fingerprint density at radius 2 is 2.15 bits per heavy atom. The van der Waals surface area contributed by atoms with Crippen LogP contribution < -0.4 is 10.2 Å². The summed E-state index contributed by atoms with van der Waals surface area (Å²) in [7, 11) is 1.62. The van der Waals surface area contributed by atoms with Crippen LogP contribution in [-0.2, 0) is 4.79 Å². The van der Waals surface area contributed by atoms with Crippen molar-refractivity contribution in [2.24, 2.45) is 0 Å². The van der Waals surface area contributed by atoms with Crippen LogP contribution in [0.25, 0.3) is 0 Å². The van der Waals surface area contributed by atoms with E-state index in [4.69, 9.17) is 0 Å². The number of amides is 1. The molecular weight excluding hydrogens is 282 g/mol. The molecule has 1 heterocycles. The van der Waals surface area contributed by atoms with Gasteiger partial charge >= 0.3 is 5.69 Å². The van der Waals surface area contributed by atoms with Crippen molar-refractivity contribution in [3.05, 3.63) is 21.1 Å². The molecule has 0 radical (unpaired) electrons. The maximum absolute atomic E-state index is 11.7. The fraction of sp³-hybridized carbons (Fsp3) is 0.583. The van der Waals surface area contributed by atoms with Gasteiger partial charge in [0.25, 0.3) is 0 Å². The van der Waals surface area contributed by atoms with Crippen molar-refractivity contribution >= 4 is 27.9 Å². The quantitative estimate of drug-likeness (QED) is 0.615. The molecule has 1 aromatic rings. The second-order valence-electron chi connectivity index (χ2n) is 4.85. The number of anilines is 1. The van der Waals surface area contributed by atoms with Crippen molar-refractivity contribution in [3.8, 4) is 0 Å². The Bertz CT molecular complexity index is 499. The third kappa shape index (κ3) is 4.17. The molecule has 0 bridgehead atoms. The number of likely N-dealkylation sites (N-methyl/N-ethyl adjacent to an activating group) is 1. The third-order valence-corrected chi connectivity index (χ3v) is 3.91. The van der Waals surface area contributed by atoms with Crippen LogP contribution in [0.5, 0.6) is 0 Å². The van der Waals surface area contributed by atoms with Crippen LogP contribution in [-0.4, -0.2) is 35.6 Å². The number of nitrogens with zero attached hydrogens (tertiary/aromatic N) is 2. The highest BCUT2D eigenvalue weighted by Gasteiger charge is 2.24. The Balaban J connectivity index is 2.93. The van der Waals surface area contributed by atoms with Gasteiger partial charge in [-0.2, -0.15) is 0 Å². The lowest BCUT2D eigenvalue weighted by atomic mass is 10.3. The molecule has 8 heteroatoms. The summed E-state index contributed by atoms with van der Waals surface area (Å²) in [6, 6.07) is 1.36. The van der Waals surface area contributed by atoms with Crippen LogP contribution in [0.2, 0.25) is 0 Å². The summed E-state index contributed by atoms with van der Waals surface area (Å²) in [4.78, 5) is 24.2. The van der Waals surface area contributed by atoms with Gasteiger partial charge in [-0.3, -0.25) is 14.9 Å². The van der Waals surface area contributed by atoms with Gasteiger partial charge in [0.2, 0.25) is 5.91 Å². The van der Waals surface area contributed by atoms with Crippen molar-refractivity contribution in [1.29, 1.82) is 0 Å². The number of carbonyl (C=O) groups excluding carboxylic acids is 1. The molecule has 0 aliphatic heterocycles. The normalized spacial score (nSPS) is 12.3. The number of aliphatic hydroxyl groups excluding tert-OH is 1. The highest BCUT2D eigenvalue weighted by Crippen LogP contribution is 2.39. The number of rotatable bonds is 6. The summed E-state index contributed by atoms with van der Waals surface area (Å²) in [5.74, 6) is -0.205. The number of hydrogen-bond donors (Lipinski definition) is 2. The lowest BCUT2D eigenvalue weighted by molar-refractivity contribution is -0.383. The SMILES string of the molecule is CC(C)NC(=O)CN(C)c1sc(C(C)O)cc1[N+](=O)[O-]. The zero-order valence-corrected chi connectivity index (χ0v) is 12.7. The standard InChI is InChI=1S/C12H19N3O4S/c1-7(2)13-11(17)6-14(4)12-9(15(18)19)5-10(20-12)8(3)16/h5,7-8,16H,6H2,1-4H3,(H,13,17). The Kier molecular flexibility index (Phi) is 5.46. The molecule has 0 aliphatic rings. The minimum atomic E-state index is -0.773. The summed E-state index contributed by atoms with van der Waals surface area (Å²) in [5, 5.41) is 23.6. The number of thiophene rings is 1. The fourth-order valence-electron chi connectivity index (χ4n) is 1.65. The second kappa shape index (κ2) is 6.67. The first-order valence-corrected chi connectivity index (χ1v) is 7.00. The monoisotopic (exact) mass is 301 g/mol. The molecule has 1 amide bonds. The van der Waals surface area contributed by atoms with E-state index in [0.717, 1.165) is 11.3 Å². The molecule has 0 fully saturated rings. The molecule has 1 aromatic heterocycles. The topological polar surface area (TPSA) is 95.7 Å². The Morgan fingerprint density at radius 3 is 2.60 bits per heavy atom. The molecule has 7 nitrogen and oxygen atoms in total. The van der Waals surface area contributed by atoms with Crippen molar-refractivity contribution in [2.75, 3.05) is 18.5 Å². The Labute approximate surface area is 121 Å². The number of nitrogens with one attached hydrogen (secondary N) is 1. The summed E-state index contributed by atoms with van der Waals surface area (Å²) < 4.78 is 0. The average molecular weight is 301 g/mol. The van der Waals surface area contributed by atoms with Crippen LogP contribution in [0, 0.1) is 10.1 Å². The predicted octanol–water partition coefficient (Wildman–Crippen LogP) is 1.67. The van der Waals surface area contributed by atoms with Gasteiger partial charge in [0, 0.05) is 24.0 Å². The van der Waals surface area contributed by atoms with Gasteiger partial charge in [-0.1, -0.05) is 0 Å². The van der Waals surface area contributed by atoms with Gasteiger partial charge in [0.15, 0.2) is 5.00 Å². The second-order valence-corrected chi connectivity index (χ2v) is 5.91. The van der Waals surface area contributed by atoms with Gasteiger partial charge < -0.3 is 15.3 Å². The molecule has 112 valence electrons. The zero-order chi connectivity index (χ0) is 15.4. The molecule has 0 saturated heterocycles. The van der Waals surface area contributed by atoms with Gasteiger partial charge in [0.05, 0.1) is 17.6 Å². The van der Waals surface area contributed by atoms with E-state index in [9.17, 15) is 20.0 Å². The number of aliphatic hydroxyl groups is 1. The fourth-order valence-corrected chi connectivity index (χ4v) is 2.68. The lowest BCUT2D eigenvalue weighted by Gasteiger charge is -2.17. The van der Waals surface area contributed by atoms with Gasteiger partial charge in [-0.25, -0.2) is 0 Å². The minimum Gasteiger partial charge on any atom is -0.388 e. The van der Waals surface area contributed by atoms with Crippen molar-refractivity contribution in [3.63, 3.8) is 0 Å². The van der Waals surface area contributed by atoms with Crippen LogP contribution in [0.1, 0.15) is 31.8 Å². The smallest absolute Gasteiger partial charge is 0.304 e. The molecule has 0 aromatic carbocycles. The molecule has 20 heavy (non-hydrogen) atoms. The number of carbonyl (C=O) groups is 1. The minimum absolute atomic E-state index is 0.0160. The molecule has 1 rings (SSSR count). The van der Waals surface area contributed by atoms with E-state index in [-0.39, 0.29) is 24.2 Å². The summed E-state index contributed by atoms with van der Waals surface area (Å²) >= 11 is 1.12. The van der Waals surface area contributed by atoms with E-state index in [2.05, 4.69) is 5.32 Å². The molecule has 1 unspecified atom stereocenters. The van der Waals surface area contributed by atoms with E-state index >= 15 is 0 Å². The van der Waals surface area contributed by atoms with Crippen LogP contribution in [0.4, 0.5) is 10.7 Å². The summed E-state index contributed by atoms with van der Waals surface area (Å²) in [6.07, 6.45) is -0.773. The first-order valence-electron chi connectivity index (χ1n) is 6.19. The average Bonchev–Trinajstić information content (AvgIpc) is 2.72. The molecule has 2 N–H and O–H groups in total.